The van der Waals surface area contributed by atoms with Crippen LogP contribution in [0.1, 0.15) is 19.4 Å². The Kier molecular flexibility index (Phi) is 6.09. The Morgan fingerprint density at radius 3 is 2.50 bits per heavy atom. The van der Waals surface area contributed by atoms with Crippen molar-refractivity contribution in [3.63, 3.8) is 0 Å². The van der Waals surface area contributed by atoms with E-state index in [4.69, 9.17) is 0 Å². The zero-order valence-corrected chi connectivity index (χ0v) is 11.4. The van der Waals surface area contributed by atoms with Crippen molar-refractivity contribution < 1.29 is 9.50 Å². The number of anilines is 1. The van der Waals surface area contributed by atoms with Gasteiger partial charge in [0.05, 0.1) is 6.10 Å². The fourth-order valence-corrected chi connectivity index (χ4v) is 1.92. The molecule has 3 nitrogen and oxygen atoms in total. The number of aryl methyl sites for hydroxylation is 1. The molecule has 0 spiro atoms. The molecule has 1 unspecified atom stereocenters. The van der Waals surface area contributed by atoms with Crippen molar-refractivity contribution >= 4 is 5.69 Å². The Hall–Kier alpha value is -1.13. The smallest absolute Gasteiger partial charge is 0.125 e. The maximum Gasteiger partial charge on any atom is 0.125 e. The van der Waals surface area contributed by atoms with E-state index in [1.54, 1.807) is 0 Å². The molecule has 0 aliphatic rings. The minimum absolute atomic E-state index is 0.254. The minimum Gasteiger partial charge on any atom is -0.390 e. The van der Waals surface area contributed by atoms with E-state index in [9.17, 15) is 9.50 Å². The molecule has 0 aliphatic carbocycles. The molecule has 1 aromatic rings. The number of aliphatic hydroxyl groups is 1. The highest BCUT2D eigenvalue weighted by molar-refractivity contribution is 5.46. The third-order valence-corrected chi connectivity index (χ3v) is 2.95. The summed E-state index contributed by atoms with van der Waals surface area (Å²) in [7, 11) is 0. The molecule has 1 aromatic carbocycles. The molecule has 1 atom stereocenters. The van der Waals surface area contributed by atoms with Crippen molar-refractivity contribution in [3.05, 3.63) is 29.6 Å². The molecule has 0 saturated carbocycles. The first-order valence-corrected chi connectivity index (χ1v) is 6.46. The summed E-state index contributed by atoms with van der Waals surface area (Å²) in [6.07, 6.45) is -0.450. The summed E-state index contributed by atoms with van der Waals surface area (Å²) in [5.74, 6) is -0.254. The van der Waals surface area contributed by atoms with E-state index < -0.39 is 6.10 Å². The van der Waals surface area contributed by atoms with Gasteiger partial charge < -0.3 is 15.3 Å². The van der Waals surface area contributed by atoms with Crippen molar-refractivity contribution in [2.75, 3.05) is 31.5 Å². The van der Waals surface area contributed by atoms with E-state index in [-0.39, 0.29) is 5.82 Å². The zero-order valence-electron chi connectivity index (χ0n) is 11.4. The number of aliphatic hydroxyl groups excluding tert-OH is 1. The van der Waals surface area contributed by atoms with Gasteiger partial charge in [0, 0.05) is 18.8 Å². The third kappa shape index (κ3) is 5.02. The van der Waals surface area contributed by atoms with Crippen molar-refractivity contribution in [2.24, 2.45) is 0 Å². The quantitative estimate of drug-likeness (QED) is 0.783. The molecular weight excluding hydrogens is 231 g/mol. The average molecular weight is 254 g/mol. The van der Waals surface area contributed by atoms with Crippen LogP contribution in [-0.4, -0.2) is 42.3 Å². The van der Waals surface area contributed by atoms with Crippen LogP contribution < -0.4 is 5.32 Å². The Morgan fingerprint density at radius 2 is 1.94 bits per heavy atom. The number of likely N-dealkylation sites (N-methyl/N-ethyl adjacent to an activating group) is 1. The second-order valence-corrected chi connectivity index (χ2v) is 4.54. The molecule has 18 heavy (non-hydrogen) atoms. The summed E-state index contributed by atoms with van der Waals surface area (Å²) in [6, 6.07) is 4.79. The topological polar surface area (TPSA) is 35.5 Å². The van der Waals surface area contributed by atoms with Crippen LogP contribution in [-0.2, 0) is 0 Å². The van der Waals surface area contributed by atoms with Crippen LogP contribution >= 0.6 is 0 Å². The van der Waals surface area contributed by atoms with Crippen molar-refractivity contribution in [1.29, 1.82) is 0 Å². The first kappa shape index (κ1) is 14.9. The van der Waals surface area contributed by atoms with Crippen LogP contribution in [0.5, 0.6) is 0 Å². The van der Waals surface area contributed by atoms with Crippen LogP contribution in [0.25, 0.3) is 0 Å². The van der Waals surface area contributed by atoms with Gasteiger partial charge in [0.1, 0.15) is 5.82 Å². The summed E-state index contributed by atoms with van der Waals surface area (Å²) in [6.45, 7) is 8.90. The van der Waals surface area contributed by atoms with Gasteiger partial charge in [0.15, 0.2) is 0 Å². The van der Waals surface area contributed by atoms with Crippen molar-refractivity contribution in [1.82, 2.24) is 4.90 Å². The van der Waals surface area contributed by atoms with Crippen LogP contribution in [0.4, 0.5) is 10.1 Å². The minimum atomic E-state index is -0.450. The van der Waals surface area contributed by atoms with Crippen LogP contribution in [0.15, 0.2) is 18.2 Å². The molecule has 0 radical (unpaired) electrons. The molecule has 0 bridgehead atoms. The van der Waals surface area contributed by atoms with Crippen molar-refractivity contribution in [3.8, 4) is 0 Å². The van der Waals surface area contributed by atoms with Gasteiger partial charge in [-0.1, -0.05) is 13.8 Å². The van der Waals surface area contributed by atoms with E-state index in [0.717, 1.165) is 18.7 Å². The van der Waals surface area contributed by atoms with Gasteiger partial charge in [-0.2, -0.15) is 0 Å². The number of hydrogen-bond donors (Lipinski definition) is 2. The molecule has 0 aromatic heterocycles. The highest BCUT2D eigenvalue weighted by Crippen LogP contribution is 2.13. The number of nitrogens with one attached hydrogen (secondary N) is 1. The number of nitrogens with zero attached hydrogens (tertiary/aromatic N) is 1. The summed E-state index contributed by atoms with van der Waals surface area (Å²) >= 11 is 0. The van der Waals surface area contributed by atoms with Crippen LogP contribution in [0.2, 0.25) is 0 Å². The predicted molar refractivity (Wildman–Crippen MR) is 73.4 cm³/mol. The van der Waals surface area contributed by atoms with Gasteiger partial charge in [-0.15, -0.1) is 0 Å². The van der Waals surface area contributed by atoms with Gasteiger partial charge >= 0.3 is 0 Å². The lowest BCUT2D eigenvalue weighted by atomic mass is 10.2. The Morgan fingerprint density at radius 1 is 1.28 bits per heavy atom. The molecule has 0 saturated heterocycles. The molecule has 0 heterocycles. The molecule has 0 aliphatic heterocycles. The van der Waals surface area contributed by atoms with E-state index in [2.05, 4.69) is 24.1 Å². The molecule has 0 amide bonds. The van der Waals surface area contributed by atoms with E-state index in [0.29, 0.717) is 18.8 Å². The second-order valence-electron chi connectivity index (χ2n) is 4.54. The van der Waals surface area contributed by atoms with Crippen molar-refractivity contribution in [2.45, 2.75) is 26.9 Å². The number of halogens is 1. The van der Waals surface area contributed by atoms with E-state index in [1.165, 1.54) is 12.1 Å². The molecule has 2 N–H and O–H groups in total. The largest absolute Gasteiger partial charge is 0.390 e. The fraction of sp³-hybridized carbons (Fsp3) is 0.571. The van der Waals surface area contributed by atoms with Gasteiger partial charge in [0.25, 0.3) is 0 Å². The first-order valence-electron chi connectivity index (χ1n) is 6.46. The van der Waals surface area contributed by atoms with Crippen LogP contribution in [0.3, 0.4) is 0 Å². The van der Waals surface area contributed by atoms with Gasteiger partial charge in [-0.25, -0.2) is 4.39 Å². The van der Waals surface area contributed by atoms with Gasteiger partial charge in [-0.3, -0.25) is 0 Å². The maximum absolute atomic E-state index is 13.2. The monoisotopic (exact) mass is 254 g/mol. The standard InChI is InChI=1S/C14H23FN2O/c1-4-17(5-2)10-14(18)9-16-13-7-11(3)6-12(15)8-13/h6-8,14,16,18H,4-5,9-10H2,1-3H3. The zero-order chi connectivity index (χ0) is 13.5. The lowest BCUT2D eigenvalue weighted by Crippen LogP contribution is -2.35. The molecule has 0 fully saturated rings. The van der Waals surface area contributed by atoms with Gasteiger partial charge in [0.2, 0.25) is 0 Å². The summed E-state index contributed by atoms with van der Waals surface area (Å²) in [4.78, 5) is 2.16. The SMILES string of the molecule is CCN(CC)CC(O)CNc1cc(C)cc(F)c1. The second kappa shape index (κ2) is 7.34. The molecular formula is C14H23FN2O. The van der Waals surface area contributed by atoms with Crippen LogP contribution in [0, 0.1) is 12.7 Å². The first-order chi connectivity index (χ1) is 8.55. The lowest BCUT2D eigenvalue weighted by molar-refractivity contribution is 0.128. The highest BCUT2D eigenvalue weighted by atomic mass is 19.1. The Labute approximate surface area is 109 Å². The molecule has 1 rings (SSSR count). The Balaban J connectivity index is 2.44. The summed E-state index contributed by atoms with van der Waals surface area (Å²) < 4.78 is 13.2. The fourth-order valence-electron chi connectivity index (χ4n) is 1.92. The number of hydrogen-bond acceptors (Lipinski definition) is 3. The molecule has 4 heteroatoms. The average Bonchev–Trinajstić information content (AvgIpc) is 2.32. The number of benzene rings is 1. The van der Waals surface area contributed by atoms with E-state index in [1.807, 2.05) is 13.0 Å². The Bertz CT molecular complexity index is 347. The maximum atomic E-state index is 13.2. The summed E-state index contributed by atoms with van der Waals surface area (Å²) in [5.41, 5.74) is 1.59. The molecule has 102 valence electrons. The number of rotatable bonds is 7. The van der Waals surface area contributed by atoms with Gasteiger partial charge in [-0.05, 0) is 43.8 Å². The summed E-state index contributed by atoms with van der Waals surface area (Å²) in [5, 5.41) is 12.9. The highest BCUT2D eigenvalue weighted by Gasteiger charge is 2.08. The predicted octanol–water partition coefficient (Wildman–Crippen LogP) is 2.25. The lowest BCUT2D eigenvalue weighted by Gasteiger charge is -2.22. The normalized spacial score (nSPS) is 12.8. The van der Waals surface area contributed by atoms with E-state index >= 15 is 0 Å². The third-order valence-electron chi connectivity index (χ3n) is 2.95.